The Morgan fingerprint density at radius 3 is 2.40 bits per heavy atom. The molecular weight excluding hydrogens is 244 g/mol. The summed E-state index contributed by atoms with van der Waals surface area (Å²) in [6.45, 7) is 1.68. The van der Waals surface area contributed by atoms with Gasteiger partial charge in [-0.05, 0) is 36.8 Å². The van der Waals surface area contributed by atoms with Gasteiger partial charge in [0.15, 0.2) is 0 Å². The highest BCUT2D eigenvalue weighted by atomic mass is 127. The van der Waals surface area contributed by atoms with Crippen molar-refractivity contribution in [2.75, 3.05) is 24.2 Å². The van der Waals surface area contributed by atoms with Crippen molar-refractivity contribution in [3.63, 3.8) is 0 Å². The van der Waals surface area contributed by atoms with Crippen LogP contribution in [-0.4, -0.2) is 24.2 Å². The molecule has 0 atom stereocenters. The number of halogens is 2. The zero-order valence-corrected chi connectivity index (χ0v) is 8.36. The second-order valence-electron chi connectivity index (χ2n) is 2.19. The van der Waals surface area contributed by atoms with Crippen LogP contribution in [0.2, 0.25) is 0 Å². The Bertz CT molecular complexity index is 53.6. The van der Waals surface area contributed by atoms with E-state index in [9.17, 15) is 4.39 Å². The summed E-state index contributed by atoms with van der Waals surface area (Å²) in [6, 6.07) is 0. The molecule has 1 N–H and O–H groups in total. The molecule has 0 aliphatic heterocycles. The maximum absolute atomic E-state index is 11.5. The second kappa shape index (κ2) is 9.62. The largest absolute Gasteiger partial charge is 0.317 e. The standard InChI is InChI=1S/C7H15FIN/c8-4-3-7-10-6-2-1-5-9/h10H,1-7H2. The summed E-state index contributed by atoms with van der Waals surface area (Å²) < 4.78 is 12.8. The van der Waals surface area contributed by atoms with Crippen LogP contribution >= 0.6 is 22.6 Å². The van der Waals surface area contributed by atoms with Gasteiger partial charge in [-0.25, -0.2) is 0 Å². The van der Waals surface area contributed by atoms with E-state index >= 15 is 0 Å². The fourth-order valence-corrected chi connectivity index (χ4v) is 1.20. The van der Waals surface area contributed by atoms with Gasteiger partial charge in [0.1, 0.15) is 0 Å². The van der Waals surface area contributed by atoms with Crippen molar-refractivity contribution in [3.8, 4) is 0 Å². The quantitative estimate of drug-likeness (QED) is 0.419. The van der Waals surface area contributed by atoms with Gasteiger partial charge in [-0.1, -0.05) is 22.6 Å². The average molecular weight is 259 g/mol. The third-order valence-electron chi connectivity index (χ3n) is 1.22. The van der Waals surface area contributed by atoms with Gasteiger partial charge < -0.3 is 5.32 Å². The normalized spacial score (nSPS) is 10.2. The Balaban J connectivity index is 2.65. The molecule has 1 nitrogen and oxygen atoms in total. The van der Waals surface area contributed by atoms with Crippen LogP contribution in [0.25, 0.3) is 0 Å². The Kier molecular flexibility index (Phi) is 10.2. The predicted octanol–water partition coefficient (Wildman–Crippen LogP) is 2.15. The highest BCUT2D eigenvalue weighted by Gasteiger charge is 1.86. The molecule has 0 saturated heterocycles. The molecule has 0 aromatic heterocycles. The maximum atomic E-state index is 11.5. The summed E-state index contributed by atoms with van der Waals surface area (Å²) in [5, 5.41) is 3.18. The highest BCUT2D eigenvalue weighted by molar-refractivity contribution is 14.1. The number of unbranched alkanes of at least 4 members (excludes halogenated alkanes) is 1. The maximum Gasteiger partial charge on any atom is 0.0906 e. The number of alkyl halides is 2. The van der Waals surface area contributed by atoms with E-state index in [0.717, 1.165) is 13.1 Å². The fraction of sp³-hybridized carbons (Fsp3) is 1.00. The van der Waals surface area contributed by atoms with Crippen molar-refractivity contribution >= 4 is 22.6 Å². The molecule has 3 heteroatoms. The van der Waals surface area contributed by atoms with Crippen LogP contribution in [0.3, 0.4) is 0 Å². The van der Waals surface area contributed by atoms with Gasteiger partial charge in [0, 0.05) is 0 Å². The Morgan fingerprint density at radius 1 is 1.10 bits per heavy atom. The first-order valence-corrected chi connectivity index (χ1v) is 5.27. The number of nitrogens with one attached hydrogen (secondary N) is 1. The third-order valence-corrected chi connectivity index (χ3v) is 1.99. The van der Waals surface area contributed by atoms with Crippen LogP contribution in [0.1, 0.15) is 19.3 Å². The molecule has 0 saturated carbocycles. The van der Waals surface area contributed by atoms with Crippen molar-refractivity contribution < 1.29 is 4.39 Å². The van der Waals surface area contributed by atoms with Crippen molar-refractivity contribution in [2.24, 2.45) is 0 Å². The third kappa shape index (κ3) is 8.62. The van der Waals surface area contributed by atoms with E-state index in [-0.39, 0.29) is 6.67 Å². The lowest BCUT2D eigenvalue weighted by Crippen LogP contribution is -2.17. The molecule has 0 spiro atoms. The highest BCUT2D eigenvalue weighted by Crippen LogP contribution is 1.92. The SMILES string of the molecule is FCCCNCCCCI. The van der Waals surface area contributed by atoms with Crippen LogP contribution in [-0.2, 0) is 0 Å². The summed E-state index contributed by atoms with van der Waals surface area (Å²) in [5.41, 5.74) is 0. The molecule has 0 fully saturated rings. The predicted molar refractivity (Wildman–Crippen MR) is 51.6 cm³/mol. The number of rotatable bonds is 7. The van der Waals surface area contributed by atoms with Gasteiger partial charge in [-0.15, -0.1) is 0 Å². The monoisotopic (exact) mass is 259 g/mol. The van der Waals surface area contributed by atoms with E-state index in [1.807, 2.05) is 0 Å². The first kappa shape index (κ1) is 10.6. The van der Waals surface area contributed by atoms with Crippen LogP contribution in [0.15, 0.2) is 0 Å². The van der Waals surface area contributed by atoms with Gasteiger partial charge in [-0.3, -0.25) is 4.39 Å². The van der Waals surface area contributed by atoms with Crippen molar-refractivity contribution in [1.29, 1.82) is 0 Å². The Morgan fingerprint density at radius 2 is 1.80 bits per heavy atom. The molecule has 0 aromatic carbocycles. The number of hydrogen-bond acceptors (Lipinski definition) is 1. The minimum atomic E-state index is -0.195. The summed E-state index contributed by atoms with van der Waals surface area (Å²) in [7, 11) is 0. The lowest BCUT2D eigenvalue weighted by molar-refractivity contribution is 0.458. The van der Waals surface area contributed by atoms with Crippen LogP contribution in [0.5, 0.6) is 0 Å². The molecule has 0 unspecified atom stereocenters. The molecule has 0 aliphatic carbocycles. The van der Waals surface area contributed by atoms with E-state index in [1.165, 1.54) is 17.3 Å². The summed E-state index contributed by atoms with van der Waals surface area (Å²) in [4.78, 5) is 0. The minimum absolute atomic E-state index is 0.195. The van der Waals surface area contributed by atoms with Gasteiger partial charge >= 0.3 is 0 Å². The summed E-state index contributed by atoms with van der Waals surface area (Å²) in [6.07, 6.45) is 3.14. The van der Waals surface area contributed by atoms with E-state index in [2.05, 4.69) is 27.9 Å². The molecule has 0 rings (SSSR count). The molecule has 0 aliphatic rings. The average Bonchev–Trinajstić information content (AvgIpc) is 1.97. The summed E-state index contributed by atoms with van der Waals surface area (Å²) in [5.74, 6) is 0. The topological polar surface area (TPSA) is 12.0 Å². The lowest BCUT2D eigenvalue weighted by Gasteiger charge is -2.00. The molecule has 0 heterocycles. The molecular formula is C7H15FIN. The van der Waals surface area contributed by atoms with Gasteiger partial charge in [0.25, 0.3) is 0 Å². The van der Waals surface area contributed by atoms with Crippen molar-refractivity contribution in [3.05, 3.63) is 0 Å². The molecule has 62 valence electrons. The van der Waals surface area contributed by atoms with Crippen LogP contribution < -0.4 is 5.32 Å². The van der Waals surface area contributed by atoms with E-state index in [4.69, 9.17) is 0 Å². The zero-order chi connectivity index (χ0) is 7.66. The molecule has 0 bridgehead atoms. The van der Waals surface area contributed by atoms with E-state index < -0.39 is 0 Å². The van der Waals surface area contributed by atoms with Crippen molar-refractivity contribution in [2.45, 2.75) is 19.3 Å². The van der Waals surface area contributed by atoms with Crippen LogP contribution in [0, 0.1) is 0 Å². The molecule has 10 heavy (non-hydrogen) atoms. The van der Waals surface area contributed by atoms with Gasteiger partial charge in [-0.2, -0.15) is 0 Å². The second-order valence-corrected chi connectivity index (χ2v) is 3.27. The Hall–Kier alpha value is 0.620. The minimum Gasteiger partial charge on any atom is -0.317 e. The molecule has 0 radical (unpaired) electrons. The first-order valence-electron chi connectivity index (χ1n) is 3.74. The Labute approximate surface area is 75.9 Å². The van der Waals surface area contributed by atoms with Gasteiger partial charge in [0.05, 0.1) is 6.67 Å². The van der Waals surface area contributed by atoms with Crippen LogP contribution in [0.4, 0.5) is 4.39 Å². The van der Waals surface area contributed by atoms with Gasteiger partial charge in [0.2, 0.25) is 0 Å². The smallest absolute Gasteiger partial charge is 0.0906 e. The molecule has 0 amide bonds. The van der Waals surface area contributed by atoms with Crippen molar-refractivity contribution in [1.82, 2.24) is 5.32 Å². The van der Waals surface area contributed by atoms with E-state index in [1.54, 1.807) is 0 Å². The lowest BCUT2D eigenvalue weighted by atomic mass is 10.3. The fourth-order valence-electron chi connectivity index (χ4n) is 0.661. The summed E-state index contributed by atoms with van der Waals surface area (Å²) >= 11 is 2.37. The molecule has 0 aromatic rings. The van der Waals surface area contributed by atoms with E-state index in [0.29, 0.717) is 6.42 Å². The number of hydrogen-bond donors (Lipinski definition) is 1. The first-order chi connectivity index (χ1) is 4.91. The zero-order valence-electron chi connectivity index (χ0n) is 6.21.